The molecule has 1 heterocycles. The van der Waals surface area contributed by atoms with Gasteiger partial charge in [0.15, 0.2) is 11.4 Å². The van der Waals surface area contributed by atoms with E-state index < -0.39 is 75.6 Å². The lowest BCUT2D eigenvalue weighted by atomic mass is 9.54. The molecule has 4 aliphatic rings. The lowest BCUT2D eigenvalue weighted by molar-refractivity contribution is -0.494. The molecule has 0 spiro atoms. The molecule has 240 valence electrons. The Morgan fingerprint density at radius 2 is 1.89 bits per heavy atom. The largest absolute Gasteiger partial charge is 0.508 e. The van der Waals surface area contributed by atoms with E-state index in [1.807, 2.05) is 4.90 Å². The van der Waals surface area contributed by atoms with Gasteiger partial charge in [0.1, 0.15) is 22.8 Å². The van der Waals surface area contributed by atoms with Gasteiger partial charge in [-0.05, 0) is 56.9 Å². The molecular weight excluding hydrogens is 580 g/mol. The molecule has 0 aromatic heterocycles. The molecule has 8 N–H and O–H groups in total. The van der Waals surface area contributed by atoms with Gasteiger partial charge in [0, 0.05) is 18.0 Å². The molecule has 15 nitrogen and oxygen atoms in total. The molecular formula is C29H38N4O11. The number of hydrogen-bond donors (Lipinski definition) is 8. The minimum Gasteiger partial charge on any atom is -0.508 e. The number of phenols is 1. The highest BCUT2D eigenvalue weighted by molar-refractivity contribution is 6.25. The number of phenolic OH excluding ortho intramolecular Hbond substituents is 1. The third-order valence-electron chi connectivity index (χ3n) is 9.47. The number of likely N-dealkylation sites (N-methyl/N-ethyl adjacent to an activating group) is 1. The van der Waals surface area contributed by atoms with Gasteiger partial charge in [-0.1, -0.05) is 19.1 Å². The monoisotopic (exact) mass is 618 g/mol. The highest BCUT2D eigenvalue weighted by Gasteiger charge is 2.68. The first kappa shape index (κ1) is 32.0. The predicted molar refractivity (Wildman–Crippen MR) is 150 cm³/mol. The first-order valence-electron chi connectivity index (χ1n) is 14.4. The summed E-state index contributed by atoms with van der Waals surface area (Å²) in [6.45, 7) is 2.59. The zero-order chi connectivity index (χ0) is 32.2. The second-order valence-corrected chi connectivity index (χ2v) is 12.2. The molecule has 1 aliphatic heterocycles. The predicted octanol–water partition coefficient (Wildman–Crippen LogP) is -0.192. The van der Waals surface area contributed by atoms with Crippen LogP contribution in [0.5, 0.6) is 5.75 Å². The lowest BCUT2D eigenvalue weighted by Crippen LogP contribution is -2.70. The van der Waals surface area contributed by atoms with Crippen LogP contribution in [0.3, 0.4) is 0 Å². The first-order chi connectivity index (χ1) is 20.7. The van der Waals surface area contributed by atoms with Crippen molar-refractivity contribution in [2.75, 3.05) is 40.5 Å². The summed E-state index contributed by atoms with van der Waals surface area (Å²) in [4.78, 5) is 49.3. The summed E-state index contributed by atoms with van der Waals surface area (Å²) in [6.07, 6.45) is -0.192. The van der Waals surface area contributed by atoms with E-state index in [0.717, 1.165) is 6.42 Å². The molecule has 1 saturated heterocycles. The molecule has 7 atom stereocenters. The van der Waals surface area contributed by atoms with Gasteiger partial charge in [0.05, 0.1) is 42.3 Å². The van der Waals surface area contributed by atoms with Gasteiger partial charge in [-0.25, -0.2) is 0 Å². The molecule has 5 rings (SSSR count). The maximum atomic E-state index is 14.2. The number of aromatic hydroxyl groups is 1. The highest BCUT2D eigenvalue weighted by atomic mass is 17.1. The quantitative estimate of drug-likeness (QED) is 0.147. The summed E-state index contributed by atoms with van der Waals surface area (Å²) in [7, 11) is 2.96. The first-order valence-corrected chi connectivity index (χ1v) is 14.4. The number of amides is 1. The summed E-state index contributed by atoms with van der Waals surface area (Å²) in [6, 6.07) is 3.09. The Labute approximate surface area is 252 Å². The van der Waals surface area contributed by atoms with E-state index >= 15 is 0 Å². The van der Waals surface area contributed by atoms with Crippen LogP contribution in [0.25, 0.3) is 5.76 Å². The molecule has 0 radical (unpaired) electrons. The molecule has 3 aliphatic carbocycles. The van der Waals surface area contributed by atoms with Crippen molar-refractivity contribution in [2.24, 2.45) is 17.8 Å². The van der Waals surface area contributed by atoms with Gasteiger partial charge in [0.25, 0.3) is 5.91 Å². The topological polar surface area (TPSA) is 224 Å². The smallest absolute Gasteiger partial charge is 0.259 e. The second kappa shape index (κ2) is 11.8. The number of rotatable bonds is 7. The minimum atomic E-state index is -2.95. The Kier molecular flexibility index (Phi) is 8.60. The van der Waals surface area contributed by atoms with Crippen molar-refractivity contribution in [1.82, 2.24) is 20.5 Å². The van der Waals surface area contributed by atoms with Gasteiger partial charge in [0.2, 0.25) is 5.78 Å². The van der Waals surface area contributed by atoms with Crippen LogP contribution in [0.4, 0.5) is 0 Å². The minimum absolute atomic E-state index is 0.00973. The van der Waals surface area contributed by atoms with Gasteiger partial charge < -0.3 is 30.8 Å². The maximum Gasteiger partial charge on any atom is 0.259 e. The summed E-state index contributed by atoms with van der Waals surface area (Å²) in [5.41, 5.74) is -3.80. The number of fused-ring (bicyclic) bond motifs is 3. The molecule has 1 aromatic carbocycles. The standard InChI is InChI=1S/C29H38N4O11/c1-13-15-7-4-8-16(34)18(15)23(35)19-17(13)24(36)21-22(31(2)3)25(37)20(27(39)29(21,41)26(19)38)28(40)30-12-32-9-5-6-14(10-32)11-44-33(42)43/h4,7-8,13-14,17,21-22,24,34-36,39,41-43H,5-6,9-12H2,1-3H3,(H,30,40)/t13-,14?,17+,21+,22-,24-,29-/m0/s1. The number of nitrogens with one attached hydrogen (secondary N) is 1. The number of piperidine rings is 1. The molecule has 1 unspecified atom stereocenters. The van der Waals surface area contributed by atoms with Crippen molar-refractivity contribution in [3.05, 3.63) is 46.2 Å². The van der Waals surface area contributed by atoms with Crippen molar-refractivity contribution in [1.29, 1.82) is 0 Å². The van der Waals surface area contributed by atoms with E-state index in [0.29, 0.717) is 25.1 Å². The molecule has 0 bridgehead atoms. The zero-order valence-electron chi connectivity index (χ0n) is 24.5. The van der Waals surface area contributed by atoms with Gasteiger partial charge in [-0.15, -0.1) is 0 Å². The molecule has 44 heavy (non-hydrogen) atoms. The Morgan fingerprint density at radius 1 is 1.18 bits per heavy atom. The second-order valence-electron chi connectivity index (χ2n) is 12.2. The van der Waals surface area contributed by atoms with Crippen molar-refractivity contribution in [3.8, 4) is 5.75 Å². The van der Waals surface area contributed by atoms with Crippen molar-refractivity contribution >= 4 is 23.2 Å². The van der Waals surface area contributed by atoms with Crippen LogP contribution in [0.2, 0.25) is 0 Å². The number of Topliss-reactive ketones (excluding diaryl/α,β-unsaturated/α-hetero) is 2. The fourth-order valence-corrected chi connectivity index (χ4v) is 7.43. The van der Waals surface area contributed by atoms with Crippen LogP contribution >= 0.6 is 0 Å². The SMILES string of the molecule is C[C@H]1c2cccc(O)c2C(O)=C2C(=O)[C@]3(O)C(O)=C(C(=O)NCN4CCCC(CON(O)O)C4)C(=O)[C@@H](N(C)C)[C@@H]3[C@@H](O)[C@@H]21. The highest BCUT2D eigenvalue weighted by Crippen LogP contribution is 2.56. The summed E-state index contributed by atoms with van der Waals surface area (Å²) >= 11 is 0. The Morgan fingerprint density at radius 3 is 2.55 bits per heavy atom. The van der Waals surface area contributed by atoms with E-state index in [-0.39, 0.29) is 35.9 Å². The average molecular weight is 619 g/mol. The summed E-state index contributed by atoms with van der Waals surface area (Å²) in [5.74, 6) is -8.78. The fourth-order valence-electron chi connectivity index (χ4n) is 7.43. The number of carbonyl (C=O) groups excluding carboxylic acids is 3. The average Bonchev–Trinajstić information content (AvgIpc) is 2.97. The Bertz CT molecular complexity index is 1430. The normalized spacial score (nSPS) is 32.6. The lowest BCUT2D eigenvalue weighted by Gasteiger charge is -2.53. The summed E-state index contributed by atoms with van der Waals surface area (Å²) < 4.78 is 0. The van der Waals surface area contributed by atoms with Crippen molar-refractivity contribution in [2.45, 2.75) is 43.4 Å². The molecule has 1 saturated carbocycles. The summed E-state index contributed by atoms with van der Waals surface area (Å²) in [5, 5.41) is 76.7. The number of aliphatic hydroxyl groups excluding tert-OH is 3. The van der Waals surface area contributed by atoms with Gasteiger partial charge in [-0.2, -0.15) is 0 Å². The van der Waals surface area contributed by atoms with Crippen LogP contribution in [0.1, 0.15) is 36.8 Å². The number of ketones is 2. The Hall–Kier alpha value is -3.41. The zero-order valence-corrected chi connectivity index (χ0v) is 24.5. The molecule has 1 amide bonds. The van der Waals surface area contributed by atoms with Crippen LogP contribution in [-0.2, 0) is 19.2 Å². The van der Waals surface area contributed by atoms with Crippen LogP contribution in [-0.4, -0.2) is 127 Å². The number of benzene rings is 1. The Balaban J connectivity index is 1.51. The molecule has 1 aromatic rings. The number of likely N-dealkylation sites (tertiary alicyclic amines) is 1. The third kappa shape index (κ3) is 4.98. The van der Waals surface area contributed by atoms with E-state index in [2.05, 4.69) is 5.32 Å². The molecule has 15 heteroatoms. The van der Waals surface area contributed by atoms with Gasteiger partial charge >= 0.3 is 0 Å². The maximum absolute atomic E-state index is 14.2. The number of carbonyl (C=O) groups is 3. The van der Waals surface area contributed by atoms with E-state index in [9.17, 15) is 39.9 Å². The fraction of sp³-hybridized carbons (Fsp3) is 0.552. The number of nitrogens with zero attached hydrogens (tertiary/aromatic N) is 3. The van der Waals surface area contributed by atoms with E-state index in [1.54, 1.807) is 19.1 Å². The number of aliphatic hydroxyl groups is 4. The number of hydrogen-bond acceptors (Lipinski definition) is 14. The van der Waals surface area contributed by atoms with Crippen LogP contribution in [0, 0.1) is 17.8 Å². The third-order valence-corrected chi connectivity index (χ3v) is 9.47. The van der Waals surface area contributed by atoms with Crippen molar-refractivity contribution < 1.29 is 55.2 Å². The van der Waals surface area contributed by atoms with Crippen LogP contribution in [0.15, 0.2) is 35.1 Å². The molecule has 2 fully saturated rings. The van der Waals surface area contributed by atoms with Gasteiger partial charge in [-0.3, -0.25) is 39.4 Å². The van der Waals surface area contributed by atoms with E-state index in [4.69, 9.17) is 15.3 Å². The van der Waals surface area contributed by atoms with Crippen molar-refractivity contribution in [3.63, 3.8) is 0 Å². The van der Waals surface area contributed by atoms with Crippen LogP contribution < -0.4 is 5.32 Å². The van der Waals surface area contributed by atoms with E-state index in [1.165, 1.54) is 25.1 Å².